The number of hydrogen-bond donors (Lipinski definition) is 1. The highest BCUT2D eigenvalue weighted by molar-refractivity contribution is 6.37. The Morgan fingerprint density at radius 1 is 1.00 bits per heavy atom. The molecule has 158 valence electrons. The van der Waals surface area contributed by atoms with Crippen LogP contribution in [0.5, 0.6) is 5.75 Å². The molecular weight excluding hydrogens is 463 g/mol. The van der Waals surface area contributed by atoms with Crippen molar-refractivity contribution in [2.45, 2.75) is 13.3 Å². The number of hydrogen-bond acceptors (Lipinski definition) is 5. The summed E-state index contributed by atoms with van der Waals surface area (Å²) in [6.07, 6.45) is 3.13. The van der Waals surface area contributed by atoms with Gasteiger partial charge in [-0.3, -0.25) is 10.1 Å². The molecule has 0 aliphatic rings. The van der Waals surface area contributed by atoms with E-state index in [1.54, 1.807) is 41.2 Å². The Morgan fingerprint density at radius 2 is 1.77 bits per heavy atom. The van der Waals surface area contributed by atoms with E-state index in [2.05, 4.69) is 20.5 Å². The van der Waals surface area contributed by atoms with Gasteiger partial charge in [-0.1, -0.05) is 53.0 Å². The molecule has 0 aliphatic heterocycles. The maximum Gasteiger partial charge on any atom is 0.278 e. The average Bonchev–Trinajstić information content (AvgIpc) is 3.37. The van der Waals surface area contributed by atoms with Crippen molar-refractivity contribution in [3.05, 3.63) is 87.4 Å². The smallest absolute Gasteiger partial charge is 0.278 e. The second-order valence-electron chi connectivity index (χ2n) is 6.41. The molecule has 2 aromatic heterocycles. The zero-order chi connectivity index (χ0) is 21.8. The second kappa shape index (κ2) is 9.38. The van der Waals surface area contributed by atoms with E-state index in [9.17, 15) is 4.79 Å². The van der Waals surface area contributed by atoms with E-state index >= 15 is 0 Å². The third kappa shape index (κ3) is 5.35. The van der Waals surface area contributed by atoms with Gasteiger partial charge in [-0.15, -0.1) is 5.10 Å². The fourth-order valence-electron chi connectivity index (χ4n) is 2.72. The number of anilines is 1. The topological polar surface area (TPSA) is 86.9 Å². The molecule has 8 nitrogen and oxygen atoms in total. The summed E-state index contributed by atoms with van der Waals surface area (Å²) in [6.45, 7) is 0.503. The predicted octanol–water partition coefficient (Wildman–Crippen LogP) is 4.77. The Hall–Kier alpha value is -3.07. The summed E-state index contributed by atoms with van der Waals surface area (Å²) < 4.78 is 8.64. The summed E-state index contributed by atoms with van der Waals surface area (Å²) >= 11 is 18.1. The van der Waals surface area contributed by atoms with Crippen LogP contribution in [-0.2, 0) is 13.3 Å². The molecule has 1 amide bonds. The zero-order valence-corrected chi connectivity index (χ0v) is 18.1. The molecule has 11 heteroatoms. The Balaban J connectivity index is 1.35. The SMILES string of the molecule is O=C(Nc1ncn(Cc2cccc(Cl)c2)n1)c1ccn(COc2c(Cl)cccc2Cl)n1. The molecule has 0 saturated heterocycles. The van der Waals surface area contributed by atoms with Crippen molar-refractivity contribution >= 4 is 46.7 Å². The average molecular weight is 478 g/mol. The molecule has 0 saturated carbocycles. The van der Waals surface area contributed by atoms with Crippen molar-refractivity contribution in [3.8, 4) is 5.75 Å². The number of nitrogens with one attached hydrogen (secondary N) is 1. The standard InChI is InChI=1S/C20H15Cl3N6O2/c21-14-4-1-3-13(9-14)10-29-11-24-20(27-29)25-19(30)17-7-8-28(26-17)12-31-18-15(22)5-2-6-16(18)23/h1-9,11H,10,12H2,(H,25,27,30). The molecule has 0 aliphatic carbocycles. The lowest BCUT2D eigenvalue weighted by Gasteiger charge is -2.09. The van der Waals surface area contributed by atoms with E-state index in [1.165, 1.54) is 11.0 Å². The van der Waals surface area contributed by atoms with Gasteiger partial charge in [0.25, 0.3) is 5.91 Å². The lowest BCUT2D eigenvalue weighted by molar-refractivity contribution is 0.101. The summed E-state index contributed by atoms with van der Waals surface area (Å²) in [5.74, 6) is 0.0671. The normalized spacial score (nSPS) is 10.8. The van der Waals surface area contributed by atoms with E-state index in [0.29, 0.717) is 27.4 Å². The van der Waals surface area contributed by atoms with E-state index in [-0.39, 0.29) is 18.4 Å². The van der Waals surface area contributed by atoms with Crippen LogP contribution in [0.1, 0.15) is 16.1 Å². The number of aromatic nitrogens is 5. The highest BCUT2D eigenvalue weighted by Gasteiger charge is 2.13. The number of carbonyl (C=O) groups is 1. The van der Waals surface area contributed by atoms with Gasteiger partial charge in [-0.05, 0) is 35.9 Å². The number of rotatable bonds is 7. The number of nitrogens with zero attached hydrogens (tertiary/aromatic N) is 5. The molecule has 2 aromatic carbocycles. The van der Waals surface area contributed by atoms with Gasteiger partial charge in [0, 0.05) is 11.2 Å². The quantitative estimate of drug-likeness (QED) is 0.414. The second-order valence-corrected chi connectivity index (χ2v) is 7.67. The van der Waals surface area contributed by atoms with Crippen molar-refractivity contribution in [2.75, 3.05) is 5.32 Å². The van der Waals surface area contributed by atoms with Crippen molar-refractivity contribution in [2.24, 2.45) is 0 Å². The zero-order valence-electron chi connectivity index (χ0n) is 15.9. The maximum atomic E-state index is 12.4. The van der Waals surface area contributed by atoms with Crippen LogP contribution in [0, 0.1) is 0 Å². The van der Waals surface area contributed by atoms with Gasteiger partial charge >= 0.3 is 0 Å². The molecular formula is C20H15Cl3N6O2. The van der Waals surface area contributed by atoms with Crippen molar-refractivity contribution in [3.63, 3.8) is 0 Å². The molecule has 2 heterocycles. The van der Waals surface area contributed by atoms with Crippen LogP contribution < -0.4 is 10.1 Å². The fraction of sp³-hybridized carbons (Fsp3) is 0.100. The van der Waals surface area contributed by atoms with Gasteiger partial charge in [-0.25, -0.2) is 14.3 Å². The molecule has 4 aromatic rings. The minimum absolute atomic E-state index is 0.0310. The fourth-order valence-corrected chi connectivity index (χ4v) is 3.44. The number of para-hydroxylation sites is 1. The van der Waals surface area contributed by atoms with Crippen LogP contribution in [0.15, 0.2) is 61.1 Å². The Bertz CT molecular complexity index is 1200. The minimum Gasteiger partial charge on any atom is -0.468 e. The molecule has 31 heavy (non-hydrogen) atoms. The van der Waals surface area contributed by atoms with Gasteiger partial charge in [-0.2, -0.15) is 5.10 Å². The van der Waals surface area contributed by atoms with Gasteiger partial charge in [0.2, 0.25) is 5.95 Å². The number of amides is 1. The first kappa shape index (κ1) is 21.2. The highest BCUT2D eigenvalue weighted by atomic mass is 35.5. The first-order valence-corrected chi connectivity index (χ1v) is 10.2. The molecule has 0 atom stereocenters. The summed E-state index contributed by atoms with van der Waals surface area (Å²) in [7, 11) is 0. The summed E-state index contributed by atoms with van der Waals surface area (Å²) in [5, 5.41) is 12.5. The van der Waals surface area contributed by atoms with Crippen LogP contribution in [0.3, 0.4) is 0 Å². The Kier molecular flexibility index (Phi) is 6.41. The molecule has 0 bridgehead atoms. The minimum atomic E-state index is -0.449. The number of ether oxygens (including phenoxy) is 1. The van der Waals surface area contributed by atoms with Gasteiger partial charge < -0.3 is 4.74 Å². The summed E-state index contributed by atoms with van der Waals surface area (Å²) in [6, 6.07) is 14.0. The number of carbonyl (C=O) groups excluding carboxylic acids is 1. The van der Waals surface area contributed by atoms with Crippen molar-refractivity contribution in [1.29, 1.82) is 0 Å². The van der Waals surface area contributed by atoms with Crippen molar-refractivity contribution in [1.82, 2.24) is 24.5 Å². The third-order valence-corrected chi connectivity index (χ3v) is 4.96. The van der Waals surface area contributed by atoms with E-state index in [1.807, 2.05) is 18.2 Å². The largest absolute Gasteiger partial charge is 0.468 e. The molecule has 0 fully saturated rings. The Labute approximate surface area is 192 Å². The molecule has 0 radical (unpaired) electrons. The molecule has 0 unspecified atom stereocenters. The first-order chi connectivity index (χ1) is 15.0. The Morgan fingerprint density at radius 3 is 2.55 bits per heavy atom. The number of benzene rings is 2. The predicted molar refractivity (Wildman–Crippen MR) is 118 cm³/mol. The van der Waals surface area contributed by atoms with Gasteiger partial charge in [0.05, 0.1) is 16.6 Å². The van der Waals surface area contributed by atoms with Gasteiger partial charge in [0.15, 0.2) is 18.2 Å². The van der Waals surface area contributed by atoms with Crippen LogP contribution >= 0.6 is 34.8 Å². The molecule has 4 rings (SSSR count). The lowest BCUT2D eigenvalue weighted by atomic mass is 10.2. The maximum absolute atomic E-state index is 12.4. The van der Waals surface area contributed by atoms with Crippen LogP contribution in [0.4, 0.5) is 5.95 Å². The lowest BCUT2D eigenvalue weighted by Crippen LogP contribution is -2.15. The van der Waals surface area contributed by atoms with E-state index < -0.39 is 5.91 Å². The number of halogens is 3. The van der Waals surface area contributed by atoms with E-state index in [0.717, 1.165) is 5.56 Å². The summed E-state index contributed by atoms with van der Waals surface area (Å²) in [4.78, 5) is 16.5. The first-order valence-electron chi connectivity index (χ1n) is 9.03. The molecule has 0 spiro atoms. The third-order valence-electron chi connectivity index (χ3n) is 4.13. The van der Waals surface area contributed by atoms with Crippen LogP contribution in [0.25, 0.3) is 0 Å². The highest BCUT2D eigenvalue weighted by Crippen LogP contribution is 2.32. The molecule has 1 N–H and O–H groups in total. The van der Waals surface area contributed by atoms with Crippen LogP contribution in [0.2, 0.25) is 15.1 Å². The van der Waals surface area contributed by atoms with Crippen molar-refractivity contribution < 1.29 is 9.53 Å². The van der Waals surface area contributed by atoms with Crippen LogP contribution in [-0.4, -0.2) is 30.5 Å². The summed E-state index contributed by atoms with van der Waals surface area (Å²) in [5.41, 5.74) is 1.15. The van der Waals surface area contributed by atoms with E-state index in [4.69, 9.17) is 39.5 Å². The van der Waals surface area contributed by atoms with Gasteiger partial charge in [0.1, 0.15) is 6.33 Å². The monoisotopic (exact) mass is 476 g/mol.